The minimum absolute atomic E-state index is 0. The Hall–Kier alpha value is -0.820. The largest absolute Gasteiger partial charge is 0.370 e. The minimum atomic E-state index is 0. The van der Waals surface area contributed by atoms with E-state index in [2.05, 4.69) is 34.2 Å². The number of guanidine groups is 1. The lowest BCUT2D eigenvalue weighted by molar-refractivity contribution is 0.250. The summed E-state index contributed by atoms with van der Waals surface area (Å²) in [5, 5.41) is 0. The molecule has 2 rings (SSSR count). The normalized spacial score (nSPS) is 19.2. The van der Waals surface area contributed by atoms with Crippen molar-refractivity contribution < 1.29 is 0 Å². The Bertz CT molecular complexity index is 376. The lowest BCUT2D eigenvalue weighted by atomic mass is 10.2. The second-order valence-corrected chi connectivity index (χ2v) is 4.52. The molecule has 0 amide bonds. The Kier molecular flexibility index (Phi) is 6.42. The van der Waals surface area contributed by atoms with Crippen LogP contribution < -0.4 is 11.5 Å². The number of hydrogen-bond acceptors (Lipinski definition) is 2. The third-order valence-corrected chi connectivity index (χ3v) is 3.21. The number of hydrogen-bond donors (Lipinski definition) is 2. The molecule has 0 aliphatic carbocycles. The third kappa shape index (κ3) is 4.45. The number of aliphatic imine (C=N–C) groups is 1. The van der Waals surface area contributed by atoms with Gasteiger partial charge in [0.05, 0.1) is 6.54 Å². The van der Waals surface area contributed by atoms with Gasteiger partial charge in [-0.15, -0.1) is 24.0 Å². The topological polar surface area (TPSA) is 67.6 Å². The van der Waals surface area contributed by atoms with Crippen LogP contribution in [0.1, 0.15) is 18.4 Å². The molecule has 0 spiro atoms. The van der Waals surface area contributed by atoms with Crippen molar-refractivity contribution in [3.8, 4) is 0 Å². The molecule has 1 unspecified atom stereocenters. The molecule has 0 saturated carbocycles. The first-order chi connectivity index (χ1) is 8.25. The van der Waals surface area contributed by atoms with Crippen LogP contribution in [-0.2, 0) is 6.54 Å². The van der Waals surface area contributed by atoms with E-state index in [9.17, 15) is 0 Å². The van der Waals surface area contributed by atoms with E-state index in [0.717, 1.165) is 19.6 Å². The van der Waals surface area contributed by atoms with Gasteiger partial charge >= 0.3 is 0 Å². The molecular weight excluding hydrogens is 339 g/mol. The van der Waals surface area contributed by atoms with Gasteiger partial charge in [0, 0.05) is 12.6 Å². The van der Waals surface area contributed by atoms with Crippen LogP contribution in [-0.4, -0.2) is 30.0 Å². The summed E-state index contributed by atoms with van der Waals surface area (Å²) in [6, 6.07) is 11.0. The van der Waals surface area contributed by atoms with Gasteiger partial charge in [-0.05, 0) is 24.9 Å². The molecule has 18 heavy (non-hydrogen) atoms. The zero-order chi connectivity index (χ0) is 12.1. The molecular formula is C13H21IN4. The molecule has 4 nitrogen and oxygen atoms in total. The summed E-state index contributed by atoms with van der Waals surface area (Å²) in [4.78, 5) is 6.59. The Morgan fingerprint density at radius 3 is 2.67 bits per heavy atom. The van der Waals surface area contributed by atoms with Crippen molar-refractivity contribution in [1.29, 1.82) is 0 Å². The summed E-state index contributed by atoms with van der Waals surface area (Å²) in [5.41, 5.74) is 12.1. The second-order valence-electron chi connectivity index (χ2n) is 4.52. The Labute approximate surface area is 125 Å². The number of nitrogens with zero attached hydrogens (tertiary/aromatic N) is 2. The first kappa shape index (κ1) is 15.2. The van der Waals surface area contributed by atoms with E-state index in [1.54, 1.807) is 0 Å². The highest BCUT2D eigenvalue weighted by molar-refractivity contribution is 14.0. The maximum atomic E-state index is 5.38. The molecule has 100 valence electrons. The zero-order valence-electron chi connectivity index (χ0n) is 10.5. The SMILES string of the molecule is I.NC(N)=NCC1CCCN1Cc1ccccc1. The van der Waals surface area contributed by atoms with E-state index >= 15 is 0 Å². The highest BCUT2D eigenvalue weighted by Crippen LogP contribution is 2.20. The molecule has 4 N–H and O–H groups in total. The third-order valence-electron chi connectivity index (χ3n) is 3.21. The summed E-state index contributed by atoms with van der Waals surface area (Å²) < 4.78 is 0. The van der Waals surface area contributed by atoms with Gasteiger partial charge in [-0.1, -0.05) is 30.3 Å². The molecule has 1 heterocycles. The van der Waals surface area contributed by atoms with E-state index in [0.29, 0.717) is 6.04 Å². The van der Waals surface area contributed by atoms with Gasteiger partial charge in [0.25, 0.3) is 0 Å². The highest BCUT2D eigenvalue weighted by atomic mass is 127. The first-order valence-corrected chi connectivity index (χ1v) is 6.09. The van der Waals surface area contributed by atoms with Crippen LogP contribution in [0.5, 0.6) is 0 Å². The van der Waals surface area contributed by atoms with E-state index in [4.69, 9.17) is 11.5 Å². The monoisotopic (exact) mass is 360 g/mol. The second kappa shape index (κ2) is 7.58. The molecule has 0 radical (unpaired) electrons. The number of nitrogens with two attached hydrogens (primary N) is 2. The fourth-order valence-electron chi connectivity index (χ4n) is 2.34. The summed E-state index contributed by atoms with van der Waals surface area (Å²) in [6.07, 6.45) is 2.42. The van der Waals surface area contributed by atoms with Crippen molar-refractivity contribution in [1.82, 2.24) is 4.90 Å². The molecule has 1 aromatic rings. The maximum absolute atomic E-state index is 5.38. The number of halogens is 1. The van der Waals surface area contributed by atoms with Gasteiger partial charge in [-0.3, -0.25) is 9.89 Å². The quantitative estimate of drug-likeness (QED) is 0.486. The van der Waals surface area contributed by atoms with Crippen LogP contribution in [0.2, 0.25) is 0 Å². The average molecular weight is 360 g/mol. The van der Waals surface area contributed by atoms with Crippen LogP contribution in [0.25, 0.3) is 0 Å². The fraction of sp³-hybridized carbons (Fsp3) is 0.462. The Morgan fingerprint density at radius 2 is 2.00 bits per heavy atom. The van der Waals surface area contributed by atoms with E-state index < -0.39 is 0 Å². The van der Waals surface area contributed by atoms with Crippen molar-refractivity contribution in [2.75, 3.05) is 13.1 Å². The number of likely N-dealkylation sites (tertiary alicyclic amines) is 1. The van der Waals surface area contributed by atoms with Gasteiger partial charge in [0.2, 0.25) is 0 Å². The van der Waals surface area contributed by atoms with Crippen LogP contribution in [0.15, 0.2) is 35.3 Å². The Morgan fingerprint density at radius 1 is 1.28 bits per heavy atom. The Balaban J connectivity index is 0.00000162. The maximum Gasteiger partial charge on any atom is 0.185 e. The predicted molar refractivity (Wildman–Crippen MR) is 86.0 cm³/mol. The average Bonchev–Trinajstić information content (AvgIpc) is 2.75. The van der Waals surface area contributed by atoms with E-state index in [-0.39, 0.29) is 29.9 Å². The van der Waals surface area contributed by atoms with Crippen LogP contribution in [0.4, 0.5) is 0 Å². The van der Waals surface area contributed by atoms with Gasteiger partial charge in [-0.2, -0.15) is 0 Å². The van der Waals surface area contributed by atoms with Crippen molar-refractivity contribution in [2.45, 2.75) is 25.4 Å². The van der Waals surface area contributed by atoms with Crippen molar-refractivity contribution >= 4 is 29.9 Å². The summed E-state index contributed by atoms with van der Waals surface area (Å²) in [6.45, 7) is 2.85. The summed E-state index contributed by atoms with van der Waals surface area (Å²) >= 11 is 0. The molecule has 1 aliphatic rings. The summed E-state index contributed by atoms with van der Waals surface area (Å²) in [5.74, 6) is 0.191. The van der Waals surface area contributed by atoms with Gasteiger partial charge < -0.3 is 11.5 Å². The van der Waals surface area contributed by atoms with Gasteiger partial charge in [-0.25, -0.2) is 0 Å². The molecule has 0 bridgehead atoms. The molecule has 1 aliphatic heterocycles. The lowest BCUT2D eigenvalue weighted by Crippen LogP contribution is -2.33. The van der Waals surface area contributed by atoms with E-state index in [1.807, 2.05) is 6.07 Å². The van der Waals surface area contributed by atoms with Crippen LogP contribution in [0, 0.1) is 0 Å². The highest BCUT2D eigenvalue weighted by Gasteiger charge is 2.23. The van der Waals surface area contributed by atoms with Crippen LogP contribution >= 0.6 is 24.0 Å². The van der Waals surface area contributed by atoms with Crippen molar-refractivity contribution in [3.63, 3.8) is 0 Å². The van der Waals surface area contributed by atoms with Gasteiger partial charge in [0.1, 0.15) is 0 Å². The molecule has 1 fully saturated rings. The molecule has 1 aromatic carbocycles. The number of benzene rings is 1. The molecule has 1 atom stereocenters. The fourth-order valence-corrected chi connectivity index (χ4v) is 2.34. The molecule has 1 saturated heterocycles. The summed E-state index contributed by atoms with van der Waals surface area (Å²) in [7, 11) is 0. The van der Waals surface area contributed by atoms with Gasteiger partial charge in [0.15, 0.2) is 5.96 Å². The lowest BCUT2D eigenvalue weighted by Gasteiger charge is -2.23. The minimum Gasteiger partial charge on any atom is -0.370 e. The first-order valence-electron chi connectivity index (χ1n) is 6.09. The smallest absolute Gasteiger partial charge is 0.185 e. The molecule has 0 aromatic heterocycles. The standard InChI is InChI=1S/C13H20N4.HI/c14-13(15)16-9-12-7-4-8-17(12)10-11-5-2-1-3-6-11;/h1-3,5-6,12H,4,7-10H2,(H4,14,15,16);1H. The predicted octanol–water partition coefficient (Wildman–Crippen LogP) is 1.54. The zero-order valence-corrected chi connectivity index (χ0v) is 12.8. The number of rotatable bonds is 4. The van der Waals surface area contributed by atoms with Crippen molar-refractivity contribution in [3.05, 3.63) is 35.9 Å². The van der Waals surface area contributed by atoms with Crippen molar-refractivity contribution in [2.24, 2.45) is 16.5 Å². The molecule has 5 heteroatoms. The van der Waals surface area contributed by atoms with E-state index in [1.165, 1.54) is 18.4 Å². The van der Waals surface area contributed by atoms with Crippen LogP contribution in [0.3, 0.4) is 0 Å².